The van der Waals surface area contributed by atoms with Crippen molar-refractivity contribution in [1.29, 1.82) is 0 Å². The third-order valence-corrected chi connectivity index (χ3v) is 6.49. The number of thioether (sulfide) groups is 1. The molecular weight excluding hydrogens is 438 g/mol. The summed E-state index contributed by atoms with van der Waals surface area (Å²) in [7, 11) is 0. The number of nitrogens with zero attached hydrogens (tertiary/aromatic N) is 2. The number of aryl methyl sites for hydroxylation is 1. The molecule has 2 aromatic carbocycles. The molecule has 0 fully saturated rings. The van der Waals surface area contributed by atoms with Gasteiger partial charge >= 0.3 is 0 Å². The Labute approximate surface area is 200 Å². The van der Waals surface area contributed by atoms with Crippen LogP contribution < -0.4 is 5.32 Å². The van der Waals surface area contributed by atoms with Crippen LogP contribution in [0.25, 0.3) is 0 Å². The molecule has 0 aromatic heterocycles. The highest BCUT2D eigenvalue weighted by molar-refractivity contribution is 7.99. The predicted octanol–water partition coefficient (Wildman–Crippen LogP) is 4.86. The molecule has 0 saturated heterocycles. The van der Waals surface area contributed by atoms with E-state index in [0.717, 1.165) is 23.1 Å². The van der Waals surface area contributed by atoms with E-state index in [2.05, 4.69) is 5.32 Å². The zero-order valence-electron chi connectivity index (χ0n) is 19.7. The van der Waals surface area contributed by atoms with Crippen molar-refractivity contribution < 1.29 is 14.5 Å². The minimum atomic E-state index is -0.548. The van der Waals surface area contributed by atoms with Crippen molar-refractivity contribution in [2.24, 2.45) is 0 Å². The lowest BCUT2D eigenvalue weighted by Crippen LogP contribution is -2.51. The molecule has 2 aromatic rings. The van der Waals surface area contributed by atoms with Gasteiger partial charge in [0.15, 0.2) is 0 Å². The van der Waals surface area contributed by atoms with E-state index < -0.39 is 11.0 Å². The fourth-order valence-electron chi connectivity index (χ4n) is 3.30. The van der Waals surface area contributed by atoms with Gasteiger partial charge in [-0.2, -0.15) is 0 Å². The Morgan fingerprint density at radius 1 is 1.03 bits per heavy atom. The molecule has 0 spiro atoms. The van der Waals surface area contributed by atoms with E-state index >= 15 is 0 Å². The van der Waals surface area contributed by atoms with Crippen LogP contribution >= 0.6 is 11.8 Å². The number of hydrogen-bond donors (Lipinski definition) is 1. The van der Waals surface area contributed by atoms with E-state index in [1.807, 2.05) is 52.0 Å². The van der Waals surface area contributed by atoms with Crippen LogP contribution in [0, 0.1) is 17.0 Å². The van der Waals surface area contributed by atoms with Crippen molar-refractivity contribution in [3.63, 3.8) is 0 Å². The highest BCUT2D eigenvalue weighted by Crippen LogP contribution is 2.19. The summed E-state index contributed by atoms with van der Waals surface area (Å²) >= 11 is 1.44. The summed E-state index contributed by atoms with van der Waals surface area (Å²) in [6.45, 7) is 8.26. The number of nitrogens with one attached hydrogen (secondary N) is 1. The molecule has 2 amide bonds. The molecule has 178 valence electrons. The first-order valence-corrected chi connectivity index (χ1v) is 12.4. The van der Waals surface area contributed by atoms with Crippen molar-refractivity contribution in [2.75, 3.05) is 5.75 Å². The number of hydrogen-bond acceptors (Lipinski definition) is 5. The Balaban J connectivity index is 2.11. The van der Waals surface area contributed by atoms with Crippen LogP contribution in [0.4, 0.5) is 5.69 Å². The van der Waals surface area contributed by atoms with Gasteiger partial charge in [0.05, 0.1) is 10.7 Å². The lowest BCUT2D eigenvalue weighted by atomic mass is 10.1. The third kappa shape index (κ3) is 8.20. The van der Waals surface area contributed by atoms with Gasteiger partial charge in [-0.1, -0.05) is 55.8 Å². The van der Waals surface area contributed by atoms with Gasteiger partial charge in [0.1, 0.15) is 6.04 Å². The second kappa shape index (κ2) is 13.0. The average molecular weight is 472 g/mol. The minimum Gasteiger partial charge on any atom is -0.352 e. The van der Waals surface area contributed by atoms with E-state index in [9.17, 15) is 19.7 Å². The number of nitro groups is 1. The fraction of sp³-hybridized carbons (Fsp3) is 0.440. The second-order valence-electron chi connectivity index (χ2n) is 8.17. The van der Waals surface area contributed by atoms with Crippen LogP contribution in [0.5, 0.6) is 0 Å². The van der Waals surface area contributed by atoms with E-state index in [1.54, 1.807) is 17.0 Å². The summed E-state index contributed by atoms with van der Waals surface area (Å²) in [4.78, 5) is 38.2. The highest BCUT2D eigenvalue weighted by Gasteiger charge is 2.29. The smallest absolute Gasteiger partial charge is 0.269 e. The van der Waals surface area contributed by atoms with Crippen LogP contribution in [0.1, 0.15) is 50.3 Å². The number of carbonyl (C=O) groups excluding carboxylic acids is 2. The molecule has 0 heterocycles. The van der Waals surface area contributed by atoms with Crippen LogP contribution in [-0.2, 0) is 21.9 Å². The molecule has 0 unspecified atom stereocenters. The predicted molar refractivity (Wildman–Crippen MR) is 133 cm³/mol. The van der Waals surface area contributed by atoms with Gasteiger partial charge in [0, 0.05) is 30.5 Å². The number of amides is 2. The first-order chi connectivity index (χ1) is 15.7. The molecule has 1 N–H and O–H groups in total. The largest absolute Gasteiger partial charge is 0.352 e. The van der Waals surface area contributed by atoms with Crippen LogP contribution in [0.2, 0.25) is 0 Å². The van der Waals surface area contributed by atoms with Crippen molar-refractivity contribution in [3.05, 3.63) is 75.3 Å². The molecule has 0 aliphatic carbocycles. The maximum Gasteiger partial charge on any atom is 0.269 e. The van der Waals surface area contributed by atoms with E-state index in [1.165, 1.54) is 23.9 Å². The quantitative estimate of drug-likeness (QED) is 0.353. The van der Waals surface area contributed by atoms with Crippen molar-refractivity contribution in [3.8, 4) is 0 Å². The molecule has 2 atom stereocenters. The Kier molecular flexibility index (Phi) is 10.4. The lowest BCUT2D eigenvalue weighted by Gasteiger charge is -2.31. The van der Waals surface area contributed by atoms with Crippen LogP contribution in [-0.4, -0.2) is 39.5 Å². The number of carbonyl (C=O) groups is 2. The van der Waals surface area contributed by atoms with E-state index in [-0.39, 0.29) is 29.3 Å². The Morgan fingerprint density at radius 3 is 2.18 bits per heavy atom. The zero-order valence-corrected chi connectivity index (χ0v) is 20.6. The topological polar surface area (TPSA) is 92.6 Å². The monoisotopic (exact) mass is 471 g/mol. The summed E-state index contributed by atoms with van der Waals surface area (Å²) in [6.07, 6.45) is 1.34. The van der Waals surface area contributed by atoms with Gasteiger partial charge in [-0.25, -0.2) is 0 Å². The molecule has 8 heteroatoms. The minimum absolute atomic E-state index is 0.0411. The molecular formula is C25H33N3O4S. The highest BCUT2D eigenvalue weighted by atomic mass is 32.2. The summed E-state index contributed by atoms with van der Waals surface area (Å²) < 4.78 is 0. The third-order valence-electron chi connectivity index (χ3n) is 5.50. The summed E-state index contributed by atoms with van der Waals surface area (Å²) in [5.41, 5.74) is 3.06. The second-order valence-corrected chi connectivity index (χ2v) is 9.15. The number of benzene rings is 2. The van der Waals surface area contributed by atoms with Crippen molar-refractivity contribution in [1.82, 2.24) is 10.2 Å². The van der Waals surface area contributed by atoms with Crippen molar-refractivity contribution in [2.45, 2.75) is 64.9 Å². The van der Waals surface area contributed by atoms with Crippen LogP contribution in [0.3, 0.4) is 0 Å². The molecule has 0 aliphatic rings. The molecule has 0 bridgehead atoms. The lowest BCUT2D eigenvalue weighted by molar-refractivity contribution is -0.384. The standard InChI is InChI=1S/C25H33N3O4S/c1-5-19(4)26-25(30)23(6-2)27(15-20-9-7-18(3)8-10-20)24(29)17-33-16-21-11-13-22(14-12-21)28(31)32/h7-14,19,23H,5-6,15-17H2,1-4H3,(H,26,30)/t19-,23-/m0/s1. The van der Waals surface area contributed by atoms with E-state index in [0.29, 0.717) is 18.7 Å². The Bertz CT molecular complexity index is 932. The van der Waals surface area contributed by atoms with Gasteiger partial charge < -0.3 is 10.2 Å². The molecule has 7 nitrogen and oxygen atoms in total. The van der Waals surface area contributed by atoms with Gasteiger partial charge in [0.2, 0.25) is 11.8 Å². The summed E-state index contributed by atoms with van der Waals surface area (Å²) in [5.74, 6) is 0.537. The molecule has 0 saturated carbocycles. The zero-order chi connectivity index (χ0) is 24.4. The number of rotatable bonds is 12. The maximum atomic E-state index is 13.2. The van der Waals surface area contributed by atoms with Gasteiger partial charge in [-0.3, -0.25) is 19.7 Å². The summed E-state index contributed by atoms with van der Waals surface area (Å²) in [5, 5.41) is 13.8. The maximum absolute atomic E-state index is 13.2. The number of non-ortho nitro benzene ring substituents is 1. The van der Waals surface area contributed by atoms with Gasteiger partial charge in [-0.05, 0) is 37.8 Å². The SMILES string of the molecule is CC[C@H](C)NC(=O)[C@H](CC)N(Cc1ccc(C)cc1)C(=O)CSCc1ccc([N+](=O)[O-])cc1. The molecule has 2 rings (SSSR count). The fourth-order valence-corrected chi connectivity index (χ4v) is 4.17. The molecule has 0 radical (unpaired) electrons. The van der Waals surface area contributed by atoms with Crippen molar-refractivity contribution >= 4 is 29.3 Å². The molecule has 0 aliphatic heterocycles. The number of nitro benzene ring substituents is 1. The normalized spacial score (nSPS) is 12.6. The Hall–Kier alpha value is -2.87. The molecule has 33 heavy (non-hydrogen) atoms. The first-order valence-electron chi connectivity index (χ1n) is 11.2. The first kappa shape index (κ1) is 26.4. The van der Waals surface area contributed by atoms with Crippen LogP contribution in [0.15, 0.2) is 48.5 Å². The average Bonchev–Trinajstić information content (AvgIpc) is 2.80. The van der Waals surface area contributed by atoms with E-state index in [4.69, 9.17) is 0 Å². The van der Waals surface area contributed by atoms with Gasteiger partial charge in [0.25, 0.3) is 5.69 Å². The van der Waals surface area contributed by atoms with Gasteiger partial charge in [-0.15, -0.1) is 11.8 Å². The Morgan fingerprint density at radius 2 is 1.64 bits per heavy atom. The summed E-state index contributed by atoms with van der Waals surface area (Å²) in [6, 6.07) is 13.8.